The molecular formula is C18H21NO2. The Labute approximate surface area is 126 Å². The Morgan fingerprint density at radius 3 is 2.29 bits per heavy atom. The van der Waals surface area contributed by atoms with Gasteiger partial charge >= 0.3 is 0 Å². The summed E-state index contributed by atoms with van der Waals surface area (Å²) in [6, 6.07) is 13.6. The summed E-state index contributed by atoms with van der Waals surface area (Å²) in [5, 5.41) is 0. The van der Waals surface area contributed by atoms with Crippen LogP contribution in [0.4, 0.5) is 5.69 Å². The van der Waals surface area contributed by atoms with Crippen molar-refractivity contribution in [2.45, 2.75) is 20.8 Å². The van der Waals surface area contributed by atoms with Gasteiger partial charge in [0.2, 0.25) is 0 Å². The van der Waals surface area contributed by atoms with Gasteiger partial charge in [-0.15, -0.1) is 0 Å². The zero-order valence-electron chi connectivity index (χ0n) is 13.0. The number of likely N-dealkylation sites (N-methyl/N-ethyl adjacent to an activating group) is 1. The van der Waals surface area contributed by atoms with Crippen LogP contribution in [0.3, 0.4) is 0 Å². The van der Waals surface area contributed by atoms with Gasteiger partial charge in [-0.3, -0.25) is 4.79 Å². The van der Waals surface area contributed by atoms with Crippen LogP contribution in [0.15, 0.2) is 42.5 Å². The fraction of sp³-hybridized carbons (Fsp3) is 0.278. The normalized spacial score (nSPS) is 10.3. The summed E-state index contributed by atoms with van der Waals surface area (Å²) in [4.78, 5) is 13.8. The van der Waals surface area contributed by atoms with Crippen LogP contribution in [0.2, 0.25) is 0 Å². The number of anilines is 1. The Morgan fingerprint density at radius 2 is 1.62 bits per heavy atom. The molecule has 3 nitrogen and oxygen atoms in total. The topological polar surface area (TPSA) is 29.5 Å². The van der Waals surface area contributed by atoms with E-state index in [1.54, 1.807) is 11.9 Å². The lowest BCUT2D eigenvalue weighted by atomic mass is 10.1. The monoisotopic (exact) mass is 283 g/mol. The quantitative estimate of drug-likeness (QED) is 0.857. The molecule has 2 aromatic carbocycles. The van der Waals surface area contributed by atoms with E-state index in [0.717, 1.165) is 22.6 Å². The third-order valence-electron chi connectivity index (χ3n) is 3.73. The number of carbonyl (C=O) groups excluding carboxylic acids is 1. The minimum Gasteiger partial charge on any atom is -0.483 e. The molecule has 0 saturated carbocycles. The molecule has 0 N–H and O–H groups in total. The Bertz CT molecular complexity index is 635. The Hall–Kier alpha value is -2.29. The van der Waals surface area contributed by atoms with E-state index >= 15 is 0 Å². The zero-order valence-corrected chi connectivity index (χ0v) is 13.0. The van der Waals surface area contributed by atoms with E-state index in [2.05, 4.69) is 6.07 Å². The van der Waals surface area contributed by atoms with E-state index in [0.29, 0.717) is 0 Å². The van der Waals surface area contributed by atoms with Crippen LogP contribution in [-0.4, -0.2) is 19.6 Å². The second-order valence-corrected chi connectivity index (χ2v) is 5.23. The zero-order chi connectivity index (χ0) is 15.4. The van der Waals surface area contributed by atoms with E-state index in [1.807, 2.05) is 57.2 Å². The van der Waals surface area contributed by atoms with E-state index in [9.17, 15) is 4.79 Å². The number of benzene rings is 2. The summed E-state index contributed by atoms with van der Waals surface area (Å²) in [5.74, 6) is 0.742. The number of hydrogen-bond donors (Lipinski definition) is 0. The lowest BCUT2D eigenvalue weighted by Gasteiger charge is -2.19. The molecule has 1 amide bonds. The van der Waals surface area contributed by atoms with E-state index in [1.165, 1.54) is 5.56 Å². The molecule has 0 atom stereocenters. The third kappa shape index (κ3) is 3.43. The molecule has 2 rings (SSSR count). The van der Waals surface area contributed by atoms with Crippen molar-refractivity contribution in [2.24, 2.45) is 0 Å². The van der Waals surface area contributed by atoms with Gasteiger partial charge in [-0.2, -0.15) is 0 Å². The van der Waals surface area contributed by atoms with Crippen LogP contribution in [-0.2, 0) is 4.79 Å². The molecule has 3 heteroatoms. The van der Waals surface area contributed by atoms with Gasteiger partial charge in [0.15, 0.2) is 6.61 Å². The molecule has 0 aromatic heterocycles. The molecule has 110 valence electrons. The van der Waals surface area contributed by atoms with Crippen LogP contribution in [0.1, 0.15) is 16.7 Å². The number of hydrogen-bond acceptors (Lipinski definition) is 2. The number of nitrogens with zero attached hydrogens (tertiary/aromatic N) is 1. The third-order valence-corrected chi connectivity index (χ3v) is 3.73. The Balaban J connectivity index is 2.07. The fourth-order valence-electron chi connectivity index (χ4n) is 2.17. The second-order valence-electron chi connectivity index (χ2n) is 5.23. The summed E-state index contributed by atoms with van der Waals surface area (Å²) in [5.41, 5.74) is 4.17. The molecule has 0 aliphatic rings. The Kier molecular flexibility index (Phi) is 4.63. The summed E-state index contributed by atoms with van der Waals surface area (Å²) in [6.07, 6.45) is 0. The van der Waals surface area contributed by atoms with Crippen molar-refractivity contribution in [3.8, 4) is 5.75 Å². The van der Waals surface area contributed by atoms with Gasteiger partial charge in [0, 0.05) is 12.7 Å². The molecule has 0 heterocycles. The van der Waals surface area contributed by atoms with Gasteiger partial charge in [0.05, 0.1) is 0 Å². The molecule has 21 heavy (non-hydrogen) atoms. The average Bonchev–Trinajstić information content (AvgIpc) is 2.51. The largest absolute Gasteiger partial charge is 0.483 e. The minimum atomic E-state index is -0.0680. The van der Waals surface area contributed by atoms with Crippen LogP contribution < -0.4 is 9.64 Å². The highest BCUT2D eigenvalue weighted by Gasteiger charge is 2.13. The lowest BCUT2D eigenvalue weighted by Crippen LogP contribution is -2.31. The van der Waals surface area contributed by atoms with Gasteiger partial charge in [-0.25, -0.2) is 0 Å². The van der Waals surface area contributed by atoms with Crippen LogP contribution in [0.25, 0.3) is 0 Å². The van der Waals surface area contributed by atoms with Crippen molar-refractivity contribution in [1.82, 2.24) is 0 Å². The number of carbonyl (C=O) groups is 1. The van der Waals surface area contributed by atoms with Crippen molar-refractivity contribution >= 4 is 11.6 Å². The van der Waals surface area contributed by atoms with Gasteiger partial charge in [0.25, 0.3) is 5.91 Å². The van der Waals surface area contributed by atoms with Gasteiger partial charge in [-0.05, 0) is 49.6 Å². The summed E-state index contributed by atoms with van der Waals surface area (Å²) in [7, 11) is 1.76. The number of rotatable bonds is 4. The SMILES string of the molecule is Cc1ccc(C)c(OCC(=O)N(C)c2ccccc2)c1C. The molecule has 0 saturated heterocycles. The van der Waals surface area contributed by atoms with Crippen molar-refractivity contribution in [2.75, 3.05) is 18.6 Å². The molecule has 0 fully saturated rings. The molecule has 0 unspecified atom stereocenters. The molecule has 0 aliphatic heterocycles. The Morgan fingerprint density at radius 1 is 1.00 bits per heavy atom. The van der Waals surface area contributed by atoms with Crippen molar-refractivity contribution in [3.05, 3.63) is 59.2 Å². The van der Waals surface area contributed by atoms with Crippen LogP contribution in [0.5, 0.6) is 5.75 Å². The number of ether oxygens (including phenoxy) is 1. The van der Waals surface area contributed by atoms with Crippen molar-refractivity contribution in [1.29, 1.82) is 0 Å². The van der Waals surface area contributed by atoms with E-state index in [4.69, 9.17) is 4.74 Å². The number of aryl methyl sites for hydroxylation is 2. The number of amides is 1. The van der Waals surface area contributed by atoms with Gasteiger partial charge < -0.3 is 9.64 Å². The predicted octanol–water partition coefficient (Wildman–Crippen LogP) is 3.65. The smallest absolute Gasteiger partial charge is 0.264 e. The lowest BCUT2D eigenvalue weighted by molar-refractivity contribution is -0.120. The standard InChI is InChI=1S/C18H21NO2/c1-13-10-11-14(2)18(15(13)3)21-12-17(20)19(4)16-8-6-5-7-9-16/h5-11H,12H2,1-4H3. The maximum absolute atomic E-state index is 12.2. The molecule has 0 aliphatic carbocycles. The van der Waals surface area contributed by atoms with E-state index in [-0.39, 0.29) is 12.5 Å². The van der Waals surface area contributed by atoms with E-state index < -0.39 is 0 Å². The highest BCUT2D eigenvalue weighted by atomic mass is 16.5. The summed E-state index contributed by atoms with van der Waals surface area (Å²) in [6.45, 7) is 6.09. The first-order valence-corrected chi connectivity index (χ1v) is 7.02. The first kappa shape index (κ1) is 15.1. The number of para-hydroxylation sites is 1. The van der Waals surface area contributed by atoms with Crippen LogP contribution >= 0.6 is 0 Å². The molecule has 0 bridgehead atoms. The first-order chi connectivity index (χ1) is 10.0. The van der Waals surface area contributed by atoms with Gasteiger partial charge in [-0.1, -0.05) is 30.3 Å². The van der Waals surface area contributed by atoms with Gasteiger partial charge in [0.1, 0.15) is 5.75 Å². The molecule has 0 radical (unpaired) electrons. The van der Waals surface area contributed by atoms with Crippen molar-refractivity contribution < 1.29 is 9.53 Å². The van der Waals surface area contributed by atoms with Crippen LogP contribution in [0, 0.1) is 20.8 Å². The second kappa shape index (κ2) is 6.44. The molecule has 2 aromatic rings. The highest BCUT2D eigenvalue weighted by Crippen LogP contribution is 2.25. The summed E-state index contributed by atoms with van der Waals surface area (Å²) >= 11 is 0. The van der Waals surface area contributed by atoms with Crippen molar-refractivity contribution in [3.63, 3.8) is 0 Å². The molecular weight excluding hydrogens is 262 g/mol. The summed E-state index contributed by atoms with van der Waals surface area (Å²) < 4.78 is 5.76. The first-order valence-electron chi connectivity index (χ1n) is 7.02. The maximum atomic E-state index is 12.2. The molecule has 0 spiro atoms. The average molecular weight is 283 g/mol. The predicted molar refractivity (Wildman–Crippen MR) is 86.0 cm³/mol. The maximum Gasteiger partial charge on any atom is 0.264 e. The minimum absolute atomic E-state index is 0.0382. The fourth-order valence-corrected chi connectivity index (χ4v) is 2.17. The highest BCUT2D eigenvalue weighted by molar-refractivity contribution is 5.93.